The zero-order valence-corrected chi connectivity index (χ0v) is 6.33. The van der Waals surface area contributed by atoms with Crippen LogP contribution >= 0.6 is 0 Å². The number of hydrogen-bond donors (Lipinski definition) is 2. The van der Waals surface area contributed by atoms with Gasteiger partial charge in [-0.2, -0.15) is 0 Å². The van der Waals surface area contributed by atoms with E-state index in [1.807, 2.05) is 13.0 Å². The van der Waals surface area contributed by atoms with Crippen molar-refractivity contribution in [3.05, 3.63) is 23.5 Å². The largest absolute Gasteiger partial charge is 0.373 e. The predicted molar refractivity (Wildman–Crippen MR) is 42.3 cm³/mol. The van der Waals surface area contributed by atoms with Crippen molar-refractivity contribution >= 4 is 5.69 Å². The Labute approximate surface area is 65.1 Å². The first-order valence-corrected chi connectivity index (χ1v) is 3.66. The van der Waals surface area contributed by atoms with Crippen molar-refractivity contribution in [2.45, 2.75) is 19.6 Å². The van der Waals surface area contributed by atoms with E-state index in [1.165, 1.54) is 0 Å². The first kappa shape index (κ1) is 6.61. The summed E-state index contributed by atoms with van der Waals surface area (Å²) in [6.07, 6.45) is 1.95. The minimum atomic E-state index is -0.446. The molecule has 1 atom stereocenters. The van der Waals surface area contributed by atoms with Crippen LogP contribution in [0.25, 0.3) is 0 Å². The minimum absolute atomic E-state index is 0.446. The summed E-state index contributed by atoms with van der Waals surface area (Å²) in [5.74, 6) is 0. The maximum Gasteiger partial charge on any atom is 0.130 e. The number of fused-ring (bicyclic) bond motifs is 1. The van der Waals surface area contributed by atoms with Gasteiger partial charge in [-0.3, -0.25) is 4.98 Å². The second-order valence-electron chi connectivity index (χ2n) is 2.81. The fourth-order valence-electron chi connectivity index (χ4n) is 1.37. The maximum atomic E-state index is 9.22. The number of aryl methyl sites for hydroxylation is 1. The molecule has 0 radical (unpaired) electrons. The Balaban J connectivity index is 2.49. The van der Waals surface area contributed by atoms with Crippen LogP contribution in [0.15, 0.2) is 12.3 Å². The van der Waals surface area contributed by atoms with Gasteiger partial charge in [0.25, 0.3) is 0 Å². The molecule has 1 unspecified atom stereocenters. The van der Waals surface area contributed by atoms with Gasteiger partial charge in [0.1, 0.15) is 6.23 Å². The molecule has 1 aromatic rings. The molecule has 0 saturated carbocycles. The van der Waals surface area contributed by atoms with Crippen LogP contribution in [0.3, 0.4) is 0 Å². The molecule has 11 heavy (non-hydrogen) atoms. The lowest BCUT2D eigenvalue weighted by molar-refractivity contribution is 0.211. The molecule has 1 aliphatic rings. The molecule has 0 fully saturated rings. The SMILES string of the molecule is Cc1ccnc2c1NC(O)C2. The molecule has 1 aliphatic heterocycles. The summed E-state index contributed by atoms with van der Waals surface area (Å²) >= 11 is 0. The van der Waals surface area contributed by atoms with Crippen LogP contribution in [0.5, 0.6) is 0 Å². The smallest absolute Gasteiger partial charge is 0.130 e. The van der Waals surface area contributed by atoms with E-state index in [4.69, 9.17) is 0 Å². The Hall–Kier alpha value is -1.09. The highest BCUT2D eigenvalue weighted by Gasteiger charge is 2.19. The highest BCUT2D eigenvalue weighted by molar-refractivity contribution is 5.58. The number of aromatic nitrogens is 1. The van der Waals surface area contributed by atoms with Gasteiger partial charge in [-0.1, -0.05) is 0 Å². The van der Waals surface area contributed by atoms with Crippen LogP contribution in [0.1, 0.15) is 11.3 Å². The maximum absolute atomic E-state index is 9.22. The van der Waals surface area contributed by atoms with Crippen molar-refractivity contribution in [2.75, 3.05) is 5.32 Å². The lowest BCUT2D eigenvalue weighted by Crippen LogP contribution is -2.13. The Bertz CT molecular complexity index is 285. The molecule has 0 bridgehead atoms. The molecule has 58 valence electrons. The van der Waals surface area contributed by atoms with Gasteiger partial charge in [0.2, 0.25) is 0 Å². The van der Waals surface area contributed by atoms with E-state index in [9.17, 15) is 5.11 Å². The van der Waals surface area contributed by atoms with Gasteiger partial charge in [-0.25, -0.2) is 0 Å². The predicted octanol–water partition coefficient (Wildman–Crippen LogP) is 0.676. The molecule has 3 nitrogen and oxygen atoms in total. The summed E-state index contributed by atoms with van der Waals surface area (Å²) in [6.45, 7) is 2.01. The summed E-state index contributed by atoms with van der Waals surface area (Å²) in [4.78, 5) is 4.15. The summed E-state index contributed by atoms with van der Waals surface area (Å²) in [6, 6.07) is 1.93. The zero-order chi connectivity index (χ0) is 7.84. The summed E-state index contributed by atoms with van der Waals surface area (Å²) < 4.78 is 0. The number of pyridine rings is 1. The van der Waals surface area contributed by atoms with Crippen molar-refractivity contribution in [3.8, 4) is 0 Å². The van der Waals surface area contributed by atoms with E-state index < -0.39 is 6.23 Å². The van der Waals surface area contributed by atoms with Gasteiger partial charge in [-0.05, 0) is 18.6 Å². The van der Waals surface area contributed by atoms with Crippen molar-refractivity contribution in [1.82, 2.24) is 4.98 Å². The topological polar surface area (TPSA) is 45.2 Å². The van der Waals surface area contributed by atoms with Crippen LogP contribution in [-0.4, -0.2) is 16.3 Å². The zero-order valence-electron chi connectivity index (χ0n) is 6.33. The van der Waals surface area contributed by atoms with Gasteiger partial charge < -0.3 is 10.4 Å². The molecular formula is C8H10N2O. The average molecular weight is 150 g/mol. The van der Waals surface area contributed by atoms with E-state index in [0.29, 0.717) is 6.42 Å². The van der Waals surface area contributed by atoms with E-state index >= 15 is 0 Å². The van der Waals surface area contributed by atoms with E-state index in [-0.39, 0.29) is 0 Å². The third kappa shape index (κ3) is 0.973. The van der Waals surface area contributed by atoms with Crippen LogP contribution in [0, 0.1) is 6.92 Å². The third-order valence-corrected chi connectivity index (χ3v) is 1.94. The summed E-state index contributed by atoms with van der Waals surface area (Å²) in [5.41, 5.74) is 3.11. The molecule has 3 heteroatoms. The van der Waals surface area contributed by atoms with Crippen molar-refractivity contribution in [2.24, 2.45) is 0 Å². The number of hydrogen-bond acceptors (Lipinski definition) is 3. The first-order chi connectivity index (χ1) is 5.27. The number of anilines is 1. The van der Waals surface area contributed by atoms with Crippen molar-refractivity contribution < 1.29 is 5.11 Å². The fourth-order valence-corrected chi connectivity index (χ4v) is 1.37. The number of nitrogens with zero attached hydrogens (tertiary/aromatic N) is 1. The number of aliphatic hydroxyl groups excluding tert-OH is 1. The highest BCUT2D eigenvalue weighted by Crippen LogP contribution is 2.25. The van der Waals surface area contributed by atoms with E-state index in [0.717, 1.165) is 16.9 Å². The van der Waals surface area contributed by atoms with Gasteiger partial charge in [0, 0.05) is 12.6 Å². The van der Waals surface area contributed by atoms with Crippen molar-refractivity contribution in [1.29, 1.82) is 0 Å². The standard InChI is InChI=1S/C8H10N2O/c1-5-2-3-9-6-4-7(11)10-8(5)6/h2-3,7,10-11H,4H2,1H3. The van der Waals surface area contributed by atoms with E-state index in [1.54, 1.807) is 6.20 Å². The Morgan fingerprint density at radius 1 is 1.73 bits per heavy atom. The second-order valence-corrected chi connectivity index (χ2v) is 2.81. The number of aliphatic hydroxyl groups is 1. The Kier molecular flexibility index (Phi) is 1.32. The van der Waals surface area contributed by atoms with Crippen LogP contribution < -0.4 is 5.32 Å². The summed E-state index contributed by atoms with van der Waals surface area (Å²) in [5, 5.41) is 12.2. The lowest BCUT2D eigenvalue weighted by Gasteiger charge is -2.03. The van der Waals surface area contributed by atoms with Gasteiger partial charge >= 0.3 is 0 Å². The minimum Gasteiger partial charge on any atom is -0.373 e. The van der Waals surface area contributed by atoms with Crippen molar-refractivity contribution in [3.63, 3.8) is 0 Å². The van der Waals surface area contributed by atoms with Gasteiger partial charge in [-0.15, -0.1) is 0 Å². The molecule has 0 aliphatic carbocycles. The molecule has 0 aromatic carbocycles. The molecule has 2 heterocycles. The average Bonchev–Trinajstić information content (AvgIpc) is 2.31. The molecule has 0 amide bonds. The normalized spacial score (nSPS) is 21.1. The van der Waals surface area contributed by atoms with E-state index in [2.05, 4.69) is 10.3 Å². The Morgan fingerprint density at radius 2 is 2.55 bits per heavy atom. The molecular weight excluding hydrogens is 140 g/mol. The lowest BCUT2D eigenvalue weighted by atomic mass is 10.2. The van der Waals surface area contributed by atoms with Crippen LogP contribution in [0.4, 0.5) is 5.69 Å². The first-order valence-electron chi connectivity index (χ1n) is 3.66. The van der Waals surface area contributed by atoms with Gasteiger partial charge in [0.05, 0.1) is 11.4 Å². The molecule has 1 aromatic heterocycles. The van der Waals surface area contributed by atoms with Gasteiger partial charge in [0.15, 0.2) is 0 Å². The molecule has 0 spiro atoms. The molecule has 2 N–H and O–H groups in total. The summed E-state index contributed by atoms with van der Waals surface area (Å²) in [7, 11) is 0. The Morgan fingerprint density at radius 3 is 3.27 bits per heavy atom. The number of nitrogens with one attached hydrogen (secondary N) is 1. The quantitative estimate of drug-likeness (QED) is 0.571. The van der Waals surface area contributed by atoms with Crippen LogP contribution in [-0.2, 0) is 6.42 Å². The monoisotopic (exact) mass is 150 g/mol. The second kappa shape index (κ2) is 2.20. The van der Waals surface area contributed by atoms with Crippen LogP contribution in [0.2, 0.25) is 0 Å². The highest BCUT2D eigenvalue weighted by atomic mass is 16.3. The fraction of sp³-hybridized carbons (Fsp3) is 0.375. The third-order valence-electron chi connectivity index (χ3n) is 1.94. The molecule has 2 rings (SSSR count). The number of rotatable bonds is 0. The molecule has 0 saturated heterocycles.